The summed E-state index contributed by atoms with van der Waals surface area (Å²) in [7, 11) is 0. The highest BCUT2D eigenvalue weighted by Gasteiger charge is 2.65. The molecule has 9 heteroatoms. The molecule has 0 saturated carbocycles. The number of amides is 3. The zero-order chi connectivity index (χ0) is 26.0. The normalized spacial score (nSPS) is 22.8. The van der Waals surface area contributed by atoms with Crippen molar-refractivity contribution >= 4 is 29.5 Å². The van der Waals surface area contributed by atoms with Crippen LogP contribution in [0.3, 0.4) is 0 Å². The topological polar surface area (TPSA) is 110 Å². The fraction of sp³-hybridized carbons (Fsp3) is 0.370. The van der Waals surface area contributed by atoms with E-state index in [4.69, 9.17) is 0 Å². The number of likely N-dealkylation sites (tertiary alicyclic amines) is 1. The summed E-state index contributed by atoms with van der Waals surface area (Å²) in [5.74, 6) is -0.996. The van der Waals surface area contributed by atoms with Gasteiger partial charge in [0.25, 0.3) is 11.8 Å². The van der Waals surface area contributed by atoms with Crippen LogP contribution in [0.25, 0.3) is 0 Å². The van der Waals surface area contributed by atoms with Gasteiger partial charge in [-0.05, 0) is 44.9 Å². The van der Waals surface area contributed by atoms with E-state index in [-0.39, 0.29) is 29.5 Å². The second-order valence-electron chi connectivity index (χ2n) is 9.22. The third-order valence-electron chi connectivity index (χ3n) is 6.96. The van der Waals surface area contributed by atoms with Crippen LogP contribution in [-0.4, -0.2) is 73.2 Å². The lowest BCUT2D eigenvalue weighted by Gasteiger charge is -2.52. The van der Waals surface area contributed by atoms with E-state index in [1.807, 2.05) is 56.3 Å². The van der Waals surface area contributed by atoms with Crippen LogP contribution < -0.4 is 5.32 Å². The highest BCUT2D eigenvalue weighted by atomic mass is 32.2. The van der Waals surface area contributed by atoms with Crippen LogP contribution in [0.15, 0.2) is 60.7 Å². The standard InChI is InChI=1S/C27H31N3O5S/c1-4-5-14-30-26(35)23-27(30,3)36-16-29(23)25(34)22(32)20(15-18-10-7-6-8-11-18)28-24(33)19-12-9-13-21(31)17(19)2/h4-13,20,22-23,31-32H,14-16H2,1-3H3,(H,28,33)/t20-,22-,23+,27?/m0/s1. The second-order valence-corrected chi connectivity index (χ2v) is 10.6. The number of nitrogens with one attached hydrogen (secondary N) is 1. The number of fused-ring (bicyclic) bond motifs is 1. The van der Waals surface area contributed by atoms with Gasteiger partial charge in [-0.15, -0.1) is 11.8 Å². The molecule has 2 heterocycles. The van der Waals surface area contributed by atoms with E-state index in [2.05, 4.69) is 5.32 Å². The average molecular weight is 510 g/mol. The Hall–Kier alpha value is -3.30. The third kappa shape index (κ3) is 4.60. The molecule has 0 bridgehead atoms. The van der Waals surface area contributed by atoms with Gasteiger partial charge >= 0.3 is 0 Å². The van der Waals surface area contributed by atoms with Gasteiger partial charge in [-0.1, -0.05) is 48.6 Å². The van der Waals surface area contributed by atoms with Crippen molar-refractivity contribution in [2.75, 3.05) is 12.4 Å². The van der Waals surface area contributed by atoms with Gasteiger partial charge in [0.2, 0.25) is 5.91 Å². The van der Waals surface area contributed by atoms with Gasteiger partial charge in [0.1, 0.15) is 16.7 Å². The lowest BCUT2D eigenvalue weighted by atomic mass is 9.92. The van der Waals surface area contributed by atoms with Crippen LogP contribution >= 0.6 is 11.8 Å². The second kappa shape index (κ2) is 10.4. The Morgan fingerprint density at radius 1 is 1.22 bits per heavy atom. The Balaban J connectivity index is 1.55. The first-order valence-electron chi connectivity index (χ1n) is 11.9. The number of phenolic OH excluding ortho intramolecular Hbond substituents is 1. The molecule has 4 rings (SSSR count). The highest BCUT2D eigenvalue weighted by molar-refractivity contribution is 8.01. The molecule has 2 aromatic rings. The monoisotopic (exact) mass is 509 g/mol. The molecular formula is C27H31N3O5S. The minimum atomic E-state index is -1.56. The average Bonchev–Trinajstić information content (AvgIpc) is 3.18. The number of hydrogen-bond acceptors (Lipinski definition) is 6. The zero-order valence-corrected chi connectivity index (χ0v) is 21.4. The zero-order valence-electron chi connectivity index (χ0n) is 20.5. The van der Waals surface area contributed by atoms with Crippen LogP contribution in [0.2, 0.25) is 0 Å². The first-order valence-corrected chi connectivity index (χ1v) is 12.9. The molecule has 2 aromatic carbocycles. The van der Waals surface area contributed by atoms with E-state index in [1.54, 1.807) is 24.0 Å². The lowest BCUT2D eigenvalue weighted by Crippen LogP contribution is -2.73. The van der Waals surface area contributed by atoms with Gasteiger partial charge < -0.3 is 25.3 Å². The third-order valence-corrected chi connectivity index (χ3v) is 8.39. The van der Waals surface area contributed by atoms with E-state index < -0.39 is 34.9 Å². The smallest absolute Gasteiger partial charge is 0.255 e. The maximum Gasteiger partial charge on any atom is 0.255 e. The number of aliphatic hydroxyl groups is 1. The quantitative estimate of drug-likeness (QED) is 0.373. The van der Waals surface area contributed by atoms with Crippen LogP contribution in [0.5, 0.6) is 5.75 Å². The molecule has 2 fully saturated rings. The van der Waals surface area contributed by atoms with Gasteiger partial charge in [-0.25, -0.2) is 0 Å². The summed E-state index contributed by atoms with van der Waals surface area (Å²) in [5, 5.41) is 24.0. The molecule has 2 aliphatic heterocycles. The molecule has 0 radical (unpaired) electrons. The molecule has 8 nitrogen and oxygen atoms in total. The Bertz CT molecular complexity index is 1190. The van der Waals surface area contributed by atoms with E-state index in [0.29, 0.717) is 12.1 Å². The van der Waals surface area contributed by atoms with Crippen molar-refractivity contribution in [3.05, 3.63) is 77.4 Å². The van der Waals surface area contributed by atoms with Gasteiger partial charge in [-0.3, -0.25) is 14.4 Å². The number of allylic oxidation sites excluding steroid dienone is 1. The lowest BCUT2D eigenvalue weighted by molar-refractivity contribution is -0.166. The molecule has 4 atom stereocenters. The Kier molecular flexibility index (Phi) is 7.42. The van der Waals surface area contributed by atoms with E-state index in [1.165, 1.54) is 22.7 Å². The summed E-state index contributed by atoms with van der Waals surface area (Å²) in [4.78, 5) is 42.1. The number of aromatic hydroxyl groups is 1. The SMILES string of the molecule is CC=CCN1C(=O)[C@H]2N(C(=O)[C@@H](O)[C@H](Cc3ccccc3)NC(=O)c3cccc(O)c3C)CSC21C. The molecule has 36 heavy (non-hydrogen) atoms. The number of carbonyl (C=O) groups excluding carboxylic acids is 3. The van der Waals surface area contributed by atoms with Crippen molar-refractivity contribution in [1.82, 2.24) is 15.1 Å². The fourth-order valence-corrected chi connectivity index (χ4v) is 6.15. The van der Waals surface area contributed by atoms with Crippen LogP contribution in [0.4, 0.5) is 0 Å². The molecule has 0 aliphatic carbocycles. The molecular weight excluding hydrogens is 478 g/mol. The number of rotatable bonds is 8. The molecule has 1 unspecified atom stereocenters. The summed E-state index contributed by atoms with van der Waals surface area (Å²) < 4.78 is 0. The molecule has 0 spiro atoms. The van der Waals surface area contributed by atoms with Crippen LogP contribution in [0, 0.1) is 6.92 Å². The number of β-lactam (4-membered cyclic amide) rings is 1. The molecule has 3 amide bonds. The number of phenols is 1. The first kappa shape index (κ1) is 25.8. The van der Waals surface area contributed by atoms with Crippen molar-refractivity contribution in [1.29, 1.82) is 0 Å². The summed E-state index contributed by atoms with van der Waals surface area (Å²) in [6, 6.07) is 12.3. The predicted molar refractivity (Wildman–Crippen MR) is 138 cm³/mol. The first-order chi connectivity index (χ1) is 17.2. The van der Waals surface area contributed by atoms with E-state index >= 15 is 0 Å². The molecule has 2 saturated heterocycles. The van der Waals surface area contributed by atoms with Crippen molar-refractivity contribution in [3.8, 4) is 5.75 Å². The predicted octanol–water partition coefficient (Wildman–Crippen LogP) is 2.44. The summed E-state index contributed by atoms with van der Waals surface area (Å²) >= 11 is 1.49. The Morgan fingerprint density at radius 3 is 2.64 bits per heavy atom. The van der Waals surface area contributed by atoms with Crippen molar-refractivity contribution in [3.63, 3.8) is 0 Å². The van der Waals surface area contributed by atoms with E-state index in [9.17, 15) is 24.6 Å². The number of carbonyl (C=O) groups is 3. The maximum atomic E-state index is 13.5. The summed E-state index contributed by atoms with van der Waals surface area (Å²) in [5.41, 5.74) is 1.49. The largest absolute Gasteiger partial charge is 0.508 e. The summed E-state index contributed by atoms with van der Waals surface area (Å²) in [6.07, 6.45) is 2.42. The number of nitrogens with zero attached hydrogens (tertiary/aromatic N) is 2. The van der Waals surface area contributed by atoms with Crippen LogP contribution in [-0.2, 0) is 16.0 Å². The van der Waals surface area contributed by atoms with Crippen LogP contribution in [0.1, 0.15) is 35.3 Å². The fourth-order valence-electron chi connectivity index (χ4n) is 4.77. The molecule has 190 valence electrons. The van der Waals surface area contributed by atoms with Gasteiger partial charge in [-0.2, -0.15) is 0 Å². The molecule has 3 N–H and O–H groups in total. The highest BCUT2D eigenvalue weighted by Crippen LogP contribution is 2.50. The molecule has 0 aromatic heterocycles. The number of aliphatic hydroxyl groups excluding tert-OH is 1. The van der Waals surface area contributed by atoms with Crippen molar-refractivity contribution in [2.24, 2.45) is 0 Å². The van der Waals surface area contributed by atoms with Gasteiger partial charge in [0.15, 0.2) is 6.10 Å². The summed E-state index contributed by atoms with van der Waals surface area (Å²) in [6.45, 7) is 5.91. The van der Waals surface area contributed by atoms with Gasteiger partial charge in [0.05, 0.1) is 11.9 Å². The Morgan fingerprint density at radius 2 is 1.94 bits per heavy atom. The maximum absolute atomic E-state index is 13.5. The van der Waals surface area contributed by atoms with Crippen molar-refractivity contribution < 1.29 is 24.6 Å². The minimum absolute atomic E-state index is 0.0155. The van der Waals surface area contributed by atoms with Crippen molar-refractivity contribution in [2.45, 2.75) is 50.3 Å². The molecule has 2 aliphatic rings. The number of hydrogen-bond donors (Lipinski definition) is 3. The van der Waals surface area contributed by atoms with E-state index in [0.717, 1.165) is 5.56 Å². The van der Waals surface area contributed by atoms with Gasteiger partial charge in [0, 0.05) is 17.7 Å². The number of benzene rings is 2. The number of thioether (sulfide) groups is 1. The minimum Gasteiger partial charge on any atom is -0.508 e. The Labute approximate surface area is 215 Å².